The second-order valence-electron chi connectivity index (χ2n) is 7.71. The molecule has 0 aliphatic heterocycles. The van der Waals surface area contributed by atoms with Gasteiger partial charge >= 0.3 is 5.69 Å². The number of carbonyl (C=O) groups excluding carboxylic acids is 1. The number of carbonyl (C=O) groups is 1. The second-order valence-corrected chi connectivity index (χ2v) is 8.66. The Kier molecular flexibility index (Phi) is 6.73. The van der Waals surface area contributed by atoms with Crippen molar-refractivity contribution < 1.29 is 9.18 Å². The van der Waals surface area contributed by atoms with Crippen molar-refractivity contribution in [3.05, 3.63) is 97.8 Å². The number of thioether (sulfide) groups is 1. The Morgan fingerprint density at radius 2 is 1.74 bits per heavy atom. The van der Waals surface area contributed by atoms with Gasteiger partial charge in [0.05, 0.1) is 5.75 Å². The van der Waals surface area contributed by atoms with Crippen LogP contribution in [0.1, 0.15) is 22.6 Å². The van der Waals surface area contributed by atoms with Crippen LogP contribution >= 0.6 is 11.8 Å². The van der Waals surface area contributed by atoms with Crippen LogP contribution in [0.4, 0.5) is 10.1 Å². The molecule has 11 heteroatoms. The van der Waals surface area contributed by atoms with E-state index in [1.54, 1.807) is 16.7 Å². The third-order valence-electron chi connectivity index (χ3n) is 4.79. The van der Waals surface area contributed by atoms with Crippen molar-refractivity contribution in [3.63, 3.8) is 0 Å². The number of amides is 1. The van der Waals surface area contributed by atoms with Crippen molar-refractivity contribution in [2.45, 2.75) is 25.4 Å². The Labute approximate surface area is 197 Å². The zero-order valence-electron chi connectivity index (χ0n) is 18.4. The first-order valence-electron chi connectivity index (χ1n) is 10.3. The minimum absolute atomic E-state index is 0.0636. The summed E-state index contributed by atoms with van der Waals surface area (Å²) in [6, 6.07) is 12.8. The molecule has 0 spiro atoms. The highest BCUT2D eigenvalue weighted by Crippen LogP contribution is 2.24. The van der Waals surface area contributed by atoms with Gasteiger partial charge < -0.3 is 10.3 Å². The van der Waals surface area contributed by atoms with Crippen LogP contribution in [0.15, 0.2) is 63.3 Å². The number of aryl methyl sites for hydroxylation is 2. The number of nitrogens with zero attached hydrogens (tertiary/aromatic N) is 3. The number of hydrogen-bond acceptors (Lipinski definition) is 6. The Morgan fingerprint density at radius 3 is 2.41 bits per heavy atom. The lowest BCUT2D eigenvalue weighted by molar-refractivity contribution is -0.113. The summed E-state index contributed by atoms with van der Waals surface area (Å²) in [4.78, 5) is 40.5. The summed E-state index contributed by atoms with van der Waals surface area (Å²) >= 11 is 1.16. The van der Waals surface area contributed by atoms with Crippen molar-refractivity contribution in [2.75, 3.05) is 11.1 Å². The fourth-order valence-corrected chi connectivity index (χ4v) is 4.29. The lowest BCUT2D eigenvalue weighted by Gasteiger charge is -2.11. The SMILES string of the molecule is Cc1cc(C)cc(NC(=O)CSc2nnc(Cc3cc(=O)[nH]c(=O)[nH]3)n2-c2ccc(F)cc2)c1. The van der Waals surface area contributed by atoms with Gasteiger partial charge in [0, 0.05) is 29.6 Å². The highest BCUT2D eigenvalue weighted by atomic mass is 32.2. The molecule has 4 aromatic rings. The van der Waals surface area contributed by atoms with Gasteiger partial charge in [0.1, 0.15) is 11.6 Å². The van der Waals surface area contributed by atoms with Crippen LogP contribution < -0.4 is 16.6 Å². The molecule has 3 N–H and O–H groups in total. The average molecular weight is 481 g/mol. The third-order valence-corrected chi connectivity index (χ3v) is 5.72. The van der Waals surface area contributed by atoms with Crippen LogP contribution in [0.2, 0.25) is 0 Å². The van der Waals surface area contributed by atoms with Crippen molar-refractivity contribution in [1.29, 1.82) is 0 Å². The molecule has 2 aromatic carbocycles. The topological polar surface area (TPSA) is 126 Å². The molecular formula is C23H21FN6O3S. The zero-order valence-corrected chi connectivity index (χ0v) is 19.2. The second kappa shape index (κ2) is 9.87. The molecule has 174 valence electrons. The largest absolute Gasteiger partial charge is 0.325 e. The summed E-state index contributed by atoms with van der Waals surface area (Å²) in [7, 11) is 0. The fraction of sp³-hybridized carbons (Fsp3) is 0.174. The molecule has 0 atom stereocenters. The van der Waals surface area contributed by atoms with Gasteiger partial charge in [-0.25, -0.2) is 9.18 Å². The molecule has 0 aliphatic rings. The van der Waals surface area contributed by atoms with E-state index in [0.717, 1.165) is 22.9 Å². The Morgan fingerprint density at radius 1 is 1.03 bits per heavy atom. The van der Waals surface area contributed by atoms with Gasteiger partial charge in [0.2, 0.25) is 5.91 Å². The number of nitrogens with one attached hydrogen (secondary N) is 3. The molecule has 0 saturated heterocycles. The number of hydrogen-bond donors (Lipinski definition) is 3. The molecule has 2 heterocycles. The lowest BCUT2D eigenvalue weighted by atomic mass is 10.1. The highest BCUT2D eigenvalue weighted by molar-refractivity contribution is 7.99. The zero-order chi connectivity index (χ0) is 24.2. The van der Waals surface area contributed by atoms with E-state index < -0.39 is 17.1 Å². The first kappa shape index (κ1) is 23.2. The molecule has 0 fully saturated rings. The quantitative estimate of drug-likeness (QED) is 0.349. The minimum atomic E-state index is -0.631. The number of aromatic amines is 2. The van der Waals surface area contributed by atoms with Gasteiger partial charge in [-0.2, -0.15) is 0 Å². The predicted molar refractivity (Wildman–Crippen MR) is 127 cm³/mol. The highest BCUT2D eigenvalue weighted by Gasteiger charge is 2.17. The lowest BCUT2D eigenvalue weighted by Crippen LogP contribution is -2.23. The summed E-state index contributed by atoms with van der Waals surface area (Å²) in [5.41, 5.74) is 2.54. The van der Waals surface area contributed by atoms with E-state index in [1.165, 1.54) is 18.2 Å². The summed E-state index contributed by atoms with van der Waals surface area (Å²) in [6.07, 6.45) is 0.0961. The Bertz CT molecular complexity index is 1410. The molecule has 4 rings (SSSR count). The van der Waals surface area contributed by atoms with Crippen LogP contribution in [0.25, 0.3) is 5.69 Å². The molecule has 0 saturated carbocycles. The third kappa shape index (κ3) is 5.67. The van der Waals surface area contributed by atoms with E-state index in [-0.39, 0.29) is 18.1 Å². The standard InChI is InChI=1S/C23H21FN6O3S/c1-13-7-14(2)9-16(8-13)25-21(32)12-34-23-29-28-19(10-17-11-20(31)27-22(33)26-17)30(23)18-5-3-15(24)4-6-18/h3-9,11H,10,12H2,1-2H3,(H,25,32)(H2,26,27,31,33). The van der Waals surface area contributed by atoms with Gasteiger partial charge in [-0.3, -0.25) is 19.1 Å². The fourth-order valence-electron chi connectivity index (χ4n) is 3.52. The van der Waals surface area contributed by atoms with E-state index in [2.05, 4.69) is 25.5 Å². The summed E-state index contributed by atoms with van der Waals surface area (Å²) in [5.74, 6) is -0.151. The van der Waals surface area contributed by atoms with E-state index in [9.17, 15) is 18.8 Å². The van der Waals surface area contributed by atoms with Crippen LogP contribution in [0, 0.1) is 19.7 Å². The van der Waals surface area contributed by atoms with E-state index in [4.69, 9.17) is 0 Å². The molecule has 1 amide bonds. The Hall–Kier alpha value is -3.99. The molecule has 9 nitrogen and oxygen atoms in total. The van der Waals surface area contributed by atoms with Crippen molar-refractivity contribution in [3.8, 4) is 5.69 Å². The molecule has 0 radical (unpaired) electrons. The molecule has 0 unspecified atom stereocenters. The maximum atomic E-state index is 13.5. The first-order valence-corrected chi connectivity index (χ1v) is 11.3. The van der Waals surface area contributed by atoms with Crippen molar-refractivity contribution in [2.24, 2.45) is 0 Å². The molecule has 0 aliphatic carbocycles. The van der Waals surface area contributed by atoms with Crippen LogP contribution in [0.5, 0.6) is 0 Å². The van der Waals surface area contributed by atoms with Gasteiger partial charge in [-0.15, -0.1) is 10.2 Å². The number of anilines is 1. The van der Waals surface area contributed by atoms with Crippen LogP contribution in [-0.4, -0.2) is 36.4 Å². The molecule has 0 bridgehead atoms. The molecule has 34 heavy (non-hydrogen) atoms. The smallest absolute Gasteiger partial charge is 0.325 e. The number of halogens is 1. The van der Waals surface area contributed by atoms with Crippen LogP contribution in [0.3, 0.4) is 0 Å². The number of H-pyrrole nitrogens is 2. The summed E-state index contributed by atoms with van der Waals surface area (Å²) in [5, 5.41) is 11.7. The minimum Gasteiger partial charge on any atom is -0.325 e. The maximum Gasteiger partial charge on any atom is 0.325 e. The summed E-state index contributed by atoms with van der Waals surface area (Å²) in [6.45, 7) is 3.91. The number of rotatable bonds is 7. The maximum absolute atomic E-state index is 13.5. The number of benzene rings is 2. The van der Waals surface area contributed by atoms with Gasteiger partial charge in [0.25, 0.3) is 5.56 Å². The first-order chi connectivity index (χ1) is 16.3. The van der Waals surface area contributed by atoms with Gasteiger partial charge in [-0.05, 0) is 61.4 Å². The summed E-state index contributed by atoms with van der Waals surface area (Å²) < 4.78 is 15.2. The normalized spacial score (nSPS) is 10.9. The van der Waals surface area contributed by atoms with Crippen LogP contribution in [-0.2, 0) is 11.2 Å². The average Bonchev–Trinajstić information content (AvgIpc) is 3.13. The number of aromatic nitrogens is 5. The van der Waals surface area contributed by atoms with E-state index in [1.807, 2.05) is 32.0 Å². The molecular weight excluding hydrogens is 459 g/mol. The van der Waals surface area contributed by atoms with E-state index in [0.29, 0.717) is 28.0 Å². The predicted octanol–water partition coefficient (Wildman–Crippen LogP) is 2.72. The van der Waals surface area contributed by atoms with Gasteiger partial charge in [-0.1, -0.05) is 17.8 Å². The molecule has 2 aromatic heterocycles. The van der Waals surface area contributed by atoms with Crippen molar-refractivity contribution in [1.82, 2.24) is 24.7 Å². The van der Waals surface area contributed by atoms with E-state index >= 15 is 0 Å². The monoisotopic (exact) mass is 480 g/mol. The van der Waals surface area contributed by atoms with Crippen molar-refractivity contribution >= 4 is 23.4 Å². The van der Waals surface area contributed by atoms with Gasteiger partial charge in [0.15, 0.2) is 5.16 Å². The Balaban J connectivity index is 1.59.